The van der Waals surface area contributed by atoms with Crippen LogP contribution in [0.5, 0.6) is 5.75 Å². The van der Waals surface area contributed by atoms with Crippen LogP contribution in [0.1, 0.15) is 29.6 Å². The van der Waals surface area contributed by atoms with Gasteiger partial charge in [0.15, 0.2) is 23.2 Å². The number of aromatic hydroxyl groups is 1. The van der Waals surface area contributed by atoms with Gasteiger partial charge < -0.3 is 20.6 Å². The minimum Gasteiger partial charge on any atom is -0.505 e. The van der Waals surface area contributed by atoms with Crippen molar-refractivity contribution in [2.45, 2.75) is 27.2 Å². The average Bonchev–Trinajstić information content (AvgIpc) is 3.16. The van der Waals surface area contributed by atoms with Gasteiger partial charge in [-0.05, 0) is 20.3 Å². The lowest BCUT2D eigenvalue weighted by Crippen LogP contribution is -2.16. The Morgan fingerprint density at radius 1 is 1.30 bits per heavy atom. The van der Waals surface area contributed by atoms with Crippen molar-refractivity contribution < 1.29 is 23.6 Å². The maximum atomic E-state index is 14.5. The Balaban J connectivity index is 2.46. The van der Waals surface area contributed by atoms with E-state index in [0.29, 0.717) is 35.2 Å². The molecule has 8 nitrogen and oxygen atoms in total. The van der Waals surface area contributed by atoms with Crippen LogP contribution in [0, 0.1) is 25.5 Å². The number of phenols is 1. The number of nitrogens with zero attached hydrogens (tertiary/aromatic N) is 4. The van der Waals surface area contributed by atoms with E-state index < -0.39 is 17.4 Å². The number of hydrogen-bond donors (Lipinski definition) is 3. The van der Waals surface area contributed by atoms with Crippen molar-refractivity contribution in [1.82, 2.24) is 14.9 Å². The molecule has 0 amide bonds. The number of benzene rings is 1. The zero-order chi connectivity index (χ0) is 19.9. The number of halogens is 2. The van der Waals surface area contributed by atoms with Gasteiger partial charge in [0.1, 0.15) is 11.4 Å². The maximum Gasteiger partial charge on any atom is 0.174 e. The number of amidine groups is 1. The molecule has 0 unspecified atom stereocenters. The Hall–Kier alpha value is -3.43. The normalized spacial score (nSPS) is 12.0. The first-order valence-corrected chi connectivity index (χ1v) is 8.01. The maximum absolute atomic E-state index is 14.5. The summed E-state index contributed by atoms with van der Waals surface area (Å²) in [7, 11) is 0. The summed E-state index contributed by atoms with van der Waals surface area (Å²) >= 11 is 0. The van der Waals surface area contributed by atoms with Crippen molar-refractivity contribution in [1.29, 1.82) is 0 Å². The Morgan fingerprint density at radius 2 is 2.00 bits per heavy atom. The second-order valence-corrected chi connectivity index (χ2v) is 5.88. The van der Waals surface area contributed by atoms with E-state index in [1.54, 1.807) is 20.8 Å². The Bertz CT molecular complexity index is 1040. The molecule has 142 valence electrons. The molecule has 0 aliphatic carbocycles. The standard InChI is InChI=1S/C17H17F2N5O3/c1-4-11-15(17(20)22-26)16(14-7(2)23-27-8(14)3)24(21-11)12-5-10(19)13(25)6-9(12)18/h5-6,25-26H,4H2,1-3H3,(H2,20,22). The molecule has 27 heavy (non-hydrogen) atoms. The lowest BCUT2D eigenvalue weighted by molar-refractivity contribution is 0.318. The molecular weight excluding hydrogens is 360 g/mol. The molecule has 0 spiro atoms. The van der Waals surface area contributed by atoms with Gasteiger partial charge in [0.2, 0.25) is 0 Å². The second kappa shape index (κ2) is 6.71. The van der Waals surface area contributed by atoms with Crippen LogP contribution >= 0.6 is 0 Å². The third-order valence-electron chi connectivity index (χ3n) is 4.17. The molecule has 2 aromatic heterocycles. The molecule has 1 aromatic carbocycles. The van der Waals surface area contributed by atoms with Gasteiger partial charge in [-0.3, -0.25) is 0 Å². The molecular formula is C17H17F2N5O3. The first kappa shape index (κ1) is 18.4. The highest BCUT2D eigenvalue weighted by atomic mass is 19.1. The average molecular weight is 377 g/mol. The first-order valence-electron chi connectivity index (χ1n) is 8.01. The molecule has 0 aliphatic heterocycles. The van der Waals surface area contributed by atoms with Crippen LogP contribution in [-0.2, 0) is 6.42 Å². The van der Waals surface area contributed by atoms with Gasteiger partial charge >= 0.3 is 0 Å². The summed E-state index contributed by atoms with van der Waals surface area (Å²) in [6, 6.07) is 1.47. The zero-order valence-electron chi connectivity index (χ0n) is 14.8. The van der Waals surface area contributed by atoms with Crippen molar-refractivity contribution in [2.24, 2.45) is 10.9 Å². The quantitative estimate of drug-likeness (QED) is 0.278. The third-order valence-corrected chi connectivity index (χ3v) is 4.17. The molecule has 0 aliphatic rings. The van der Waals surface area contributed by atoms with Crippen LogP contribution in [0.4, 0.5) is 8.78 Å². The van der Waals surface area contributed by atoms with E-state index in [1.165, 1.54) is 0 Å². The predicted octanol–water partition coefficient (Wildman–Crippen LogP) is 2.78. The van der Waals surface area contributed by atoms with Crippen LogP contribution in [0.15, 0.2) is 21.8 Å². The number of oxime groups is 1. The number of phenolic OH excluding ortho intramolecular Hbond substituents is 1. The van der Waals surface area contributed by atoms with E-state index in [-0.39, 0.29) is 22.8 Å². The highest BCUT2D eigenvalue weighted by molar-refractivity contribution is 6.04. The van der Waals surface area contributed by atoms with Crippen LogP contribution in [-0.4, -0.2) is 31.1 Å². The van der Waals surface area contributed by atoms with Crippen molar-refractivity contribution in [3.63, 3.8) is 0 Å². The monoisotopic (exact) mass is 377 g/mol. The van der Waals surface area contributed by atoms with E-state index in [1.807, 2.05) is 0 Å². The molecule has 2 heterocycles. The van der Waals surface area contributed by atoms with E-state index in [2.05, 4.69) is 15.4 Å². The fourth-order valence-electron chi connectivity index (χ4n) is 2.94. The van der Waals surface area contributed by atoms with Crippen LogP contribution in [0.2, 0.25) is 0 Å². The summed E-state index contributed by atoms with van der Waals surface area (Å²) in [5.74, 6) is -2.60. The second-order valence-electron chi connectivity index (χ2n) is 5.88. The highest BCUT2D eigenvalue weighted by Crippen LogP contribution is 2.35. The summed E-state index contributed by atoms with van der Waals surface area (Å²) in [5, 5.41) is 29.8. The minimum absolute atomic E-state index is 0.238. The fraction of sp³-hybridized carbons (Fsp3) is 0.235. The number of aryl methyl sites for hydroxylation is 3. The lowest BCUT2D eigenvalue weighted by atomic mass is 10.0. The molecule has 0 fully saturated rings. The Kier molecular flexibility index (Phi) is 4.56. The van der Waals surface area contributed by atoms with Crippen LogP contribution in [0.3, 0.4) is 0 Å². The van der Waals surface area contributed by atoms with Gasteiger partial charge in [-0.2, -0.15) is 5.10 Å². The molecule has 0 saturated carbocycles. The van der Waals surface area contributed by atoms with Crippen molar-refractivity contribution in [3.8, 4) is 22.7 Å². The van der Waals surface area contributed by atoms with Gasteiger partial charge in [0.05, 0.1) is 28.2 Å². The largest absolute Gasteiger partial charge is 0.505 e. The molecule has 4 N–H and O–H groups in total. The van der Waals surface area contributed by atoms with Crippen molar-refractivity contribution >= 4 is 5.84 Å². The summed E-state index contributed by atoms with van der Waals surface area (Å²) in [4.78, 5) is 0. The fourth-order valence-corrected chi connectivity index (χ4v) is 2.94. The van der Waals surface area contributed by atoms with E-state index in [9.17, 15) is 19.1 Å². The smallest absolute Gasteiger partial charge is 0.174 e. The van der Waals surface area contributed by atoms with E-state index >= 15 is 0 Å². The topological polar surface area (TPSA) is 123 Å². The van der Waals surface area contributed by atoms with Crippen molar-refractivity contribution in [2.75, 3.05) is 0 Å². The van der Waals surface area contributed by atoms with E-state index in [4.69, 9.17) is 10.3 Å². The predicted molar refractivity (Wildman–Crippen MR) is 92.0 cm³/mol. The highest BCUT2D eigenvalue weighted by Gasteiger charge is 2.28. The Labute approximate surface area is 152 Å². The van der Waals surface area contributed by atoms with Gasteiger partial charge in [-0.15, -0.1) is 0 Å². The molecule has 0 bridgehead atoms. The molecule has 0 saturated heterocycles. The summed E-state index contributed by atoms with van der Waals surface area (Å²) < 4.78 is 34.8. The van der Waals surface area contributed by atoms with Gasteiger partial charge in [0.25, 0.3) is 0 Å². The molecule has 10 heteroatoms. The lowest BCUT2D eigenvalue weighted by Gasteiger charge is -2.11. The van der Waals surface area contributed by atoms with Crippen LogP contribution < -0.4 is 5.73 Å². The SMILES string of the molecule is CCc1nn(-c2cc(F)c(O)cc2F)c(-c2c(C)noc2C)c1/C(N)=N/O. The number of hydrogen-bond acceptors (Lipinski definition) is 6. The summed E-state index contributed by atoms with van der Waals surface area (Å²) in [6.45, 7) is 5.09. The number of aromatic nitrogens is 3. The summed E-state index contributed by atoms with van der Waals surface area (Å²) in [6.07, 6.45) is 0.372. The number of nitrogens with two attached hydrogens (primary N) is 1. The summed E-state index contributed by atoms with van der Waals surface area (Å²) in [5.41, 5.74) is 7.39. The van der Waals surface area contributed by atoms with Gasteiger partial charge in [0, 0.05) is 12.1 Å². The van der Waals surface area contributed by atoms with Gasteiger partial charge in [-0.1, -0.05) is 17.2 Å². The first-order chi connectivity index (χ1) is 12.8. The minimum atomic E-state index is -1.02. The Morgan fingerprint density at radius 3 is 2.56 bits per heavy atom. The molecule has 3 rings (SSSR count). The van der Waals surface area contributed by atoms with Crippen LogP contribution in [0.25, 0.3) is 16.9 Å². The zero-order valence-corrected chi connectivity index (χ0v) is 14.8. The molecule has 3 aromatic rings. The number of rotatable bonds is 4. The van der Waals surface area contributed by atoms with Gasteiger partial charge in [-0.25, -0.2) is 13.5 Å². The van der Waals surface area contributed by atoms with Crippen molar-refractivity contribution in [3.05, 3.63) is 46.5 Å². The molecule has 0 radical (unpaired) electrons. The molecule has 0 atom stereocenters. The van der Waals surface area contributed by atoms with E-state index in [0.717, 1.165) is 10.7 Å². The third kappa shape index (κ3) is 2.88.